The molecule has 0 aliphatic heterocycles. The van der Waals surface area contributed by atoms with Crippen LogP contribution in [0.25, 0.3) is 0 Å². The Labute approximate surface area is 94.4 Å². The Hall–Kier alpha value is -1.64. The van der Waals surface area contributed by atoms with Crippen LogP contribution >= 0.6 is 0 Å². The highest BCUT2D eigenvalue weighted by molar-refractivity contribution is 5.41. The molecule has 0 spiro atoms. The average molecular weight is 253 g/mol. The minimum absolute atomic E-state index is 0.0897. The van der Waals surface area contributed by atoms with Gasteiger partial charge in [0.1, 0.15) is 0 Å². The molecule has 9 heteroatoms. The van der Waals surface area contributed by atoms with E-state index in [1.807, 2.05) is 0 Å². The predicted molar refractivity (Wildman–Crippen MR) is 53.6 cm³/mol. The molecule has 0 amide bonds. The molecule has 17 heavy (non-hydrogen) atoms. The normalized spacial score (nSPS) is 13.3. The molecule has 0 aromatic carbocycles. The lowest BCUT2D eigenvalue weighted by atomic mass is 10.2. The van der Waals surface area contributed by atoms with Crippen LogP contribution in [0.4, 0.5) is 29.3 Å². The Balaban J connectivity index is 2.73. The van der Waals surface area contributed by atoms with Crippen LogP contribution in [0.2, 0.25) is 0 Å². The third-order valence-electron chi connectivity index (χ3n) is 1.79. The van der Waals surface area contributed by atoms with Crippen LogP contribution in [-0.4, -0.2) is 22.2 Å². The molecule has 1 rings (SSSR count). The lowest BCUT2D eigenvalue weighted by Crippen LogP contribution is -2.25. The van der Waals surface area contributed by atoms with Gasteiger partial charge in [0, 0.05) is 6.04 Å². The fourth-order valence-electron chi connectivity index (χ4n) is 1.17. The van der Waals surface area contributed by atoms with E-state index >= 15 is 0 Å². The molecule has 0 fully saturated rings. The summed E-state index contributed by atoms with van der Waals surface area (Å²) in [6.45, 7) is 1.27. The first-order valence-corrected chi connectivity index (χ1v) is 4.64. The smallest absolute Gasteiger partial charge is 0.365 e. The number of hydrogen-bond donors (Lipinski definition) is 3. The summed E-state index contributed by atoms with van der Waals surface area (Å²) in [5.74, 6) is 3.73. The molecule has 4 N–H and O–H groups in total. The van der Waals surface area contributed by atoms with Gasteiger partial charge in [-0.3, -0.25) is 5.43 Å². The lowest BCUT2D eigenvalue weighted by Gasteiger charge is -2.16. The second-order valence-corrected chi connectivity index (χ2v) is 3.40. The molecule has 0 saturated carbocycles. The van der Waals surface area contributed by atoms with E-state index in [1.165, 1.54) is 6.92 Å². The van der Waals surface area contributed by atoms with Gasteiger partial charge in [0.15, 0.2) is 11.6 Å². The van der Waals surface area contributed by atoms with E-state index in [0.29, 0.717) is 0 Å². The summed E-state index contributed by atoms with van der Waals surface area (Å²) in [4.78, 5) is 7.01. The Morgan fingerprint density at radius 2 is 2.12 bits per heavy atom. The number of anilines is 2. The number of nitrogens with two attached hydrogens (primary N) is 1. The van der Waals surface area contributed by atoms with E-state index in [1.54, 1.807) is 0 Å². The molecule has 0 bridgehead atoms. The zero-order chi connectivity index (χ0) is 13.1. The van der Waals surface area contributed by atoms with Gasteiger partial charge in [-0.1, -0.05) is 0 Å². The van der Waals surface area contributed by atoms with Crippen molar-refractivity contribution in [3.05, 3.63) is 12.0 Å². The molecule has 1 aromatic heterocycles. The number of alkyl halides is 3. The van der Waals surface area contributed by atoms with Crippen molar-refractivity contribution >= 4 is 11.8 Å². The standard InChI is InChI=1S/C8H11F4N5/c1-4(2-8(10,11)12)15-6-5(9)3-14-7(16-6)17-13/h3-4H,2,13H2,1H3,(H2,14,15,16,17). The van der Waals surface area contributed by atoms with Crippen molar-refractivity contribution in [2.75, 3.05) is 10.7 Å². The number of nitrogen functional groups attached to an aromatic ring is 1. The zero-order valence-corrected chi connectivity index (χ0v) is 8.85. The van der Waals surface area contributed by atoms with E-state index in [2.05, 4.69) is 20.7 Å². The summed E-state index contributed by atoms with van der Waals surface area (Å²) in [6.07, 6.45) is -4.61. The molecule has 1 atom stereocenters. The molecule has 96 valence electrons. The second-order valence-electron chi connectivity index (χ2n) is 3.40. The van der Waals surface area contributed by atoms with Crippen molar-refractivity contribution in [3.8, 4) is 0 Å². The fourth-order valence-corrected chi connectivity index (χ4v) is 1.17. The molecule has 0 saturated heterocycles. The monoisotopic (exact) mass is 253 g/mol. The van der Waals surface area contributed by atoms with Crippen LogP contribution in [0.15, 0.2) is 6.20 Å². The average Bonchev–Trinajstić information content (AvgIpc) is 2.18. The third kappa shape index (κ3) is 4.39. The molecular formula is C8H11F4N5. The highest BCUT2D eigenvalue weighted by atomic mass is 19.4. The van der Waals surface area contributed by atoms with Gasteiger partial charge in [0.05, 0.1) is 12.6 Å². The Morgan fingerprint density at radius 3 is 2.65 bits per heavy atom. The maximum Gasteiger partial charge on any atom is 0.391 e. The van der Waals surface area contributed by atoms with Gasteiger partial charge in [0.25, 0.3) is 0 Å². The summed E-state index contributed by atoms with van der Waals surface area (Å²) >= 11 is 0. The molecular weight excluding hydrogens is 242 g/mol. The lowest BCUT2D eigenvalue weighted by molar-refractivity contribution is -0.136. The maximum absolute atomic E-state index is 13.2. The number of rotatable bonds is 4. The van der Waals surface area contributed by atoms with Crippen molar-refractivity contribution in [3.63, 3.8) is 0 Å². The fraction of sp³-hybridized carbons (Fsp3) is 0.500. The Bertz CT molecular complexity index is 381. The number of hydrogen-bond acceptors (Lipinski definition) is 5. The van der Waals surface area contributed by atoms with Crippen molar-refractivity contribution in [1.82, 2.24) is 9.97 Å². The summed E-state index contributed by atoms with van der Waals surface area (Å²) < 4.78 is 49.3. The summed E-state index contributed by atoms with van der Waals surface area (Å²) in [5, 5.41) is 2.30. The first-order chi connectivity index (χ1) is 7.81. The summed E-state index contributed by atoms with van der Waals surface area (Å²) in [7, 11) is 0. The quantitative estimate of drug-likeness (QED) is 0.432. The van der Waals surface area contributed by atoms with Gasteiger partial charge in [-0.2, -0.15) is 18.2 Å². The number of aromatic nitrogens is 2. The van der Waals surface area contributed by atoms with Crippen LogP contribution < -0.4 is 16.6 Å². The van der Waals surface area contributed by atoms with E-state index in [0.717, 1.165) is 6.20 Å². The topological polar surface area (TPSA) is 75.9 Å². The van der Waals surface area contributed by atoms with Crippen LogP contribution in [0.5, 0.6) is 0 Å². The van der Waals surface area contributed by atoms with Crippen molar-refractivity contribution in [2.45, 2.75) is 25.6 Å². The minimum atomic E-state index is -4.33. The number of hydrazine groups is 1. The van der Waals surface area contributed by atoms with Gasteiger partial charge in [-0.25, -0.2) is 15.2 Å². The van der Waals surface area contributed by atoms with Gasteiger partial charge >= 0.3 is 6.18 Å². The molecule has 0 aliphatic rings. The predicted octanol–water partition coefficient (Wildman–Crippen LogP) is 1.65. The number of nitrogens with zero attached hydrogens (tertiary/aromatic N) is 2. The molecule has 0 radical (unpaired) electrons. The molecule has 1 heterocycles. The van der Waals surface area contributed by atoms with Gasteiger partial charge in [-0.05, 0) is 6.92 Å². The highest BCUT2D eigenvalue weighted by Gasteiger charge is 2.30. The first-order valence-electron chi connectivity index (χ1n) is 4.64. The number of nitrogens with one attached hydrogen (secondary N) is 2. The van der Waals surface area contributed by atoms with Gasteiger partial charge < -0.3 is 5.32 Å². The van der Waals surface area contributed by atoms with E-state index in [-0.39, 0.29) is 11.8 Å². The minimum Gasteiger partial charge on any atom is -0.365 e. The number of halogens is 4. The molecule has 1 unspecified atom stereocenters. The Morgan fingerprint density at radius 1 is 1.47 bits per heavy atom. The summed E-state index contributed by atoms with van der Waals surface area (Å²) in [5.41, 5.74) is 2.06. The summed E-state index contributed by atoms with van der Waals surface area (Å²) in [6, 6.07) is -1.01. The zero-order valence-electron chi connectivity index (χ0n) is 8.85. The third-order valence-corrected chi connectivity index (χ3v) is 1.79. The van der Waals surface area contributed by atoms with E-state index < -0.39 is 24.5 Å². The van der Waals surface area contributed by atoms with Crippen LogP contribution in [0.3, 0.4) is 0 Å². The van der Waals surface area contributed by atoms with E-state index in [4.69, 9.17) is 5.84 Å². The SMILES string of the molecule is CC(CC(F)(F)F)Nc1nc(NN)ncc1F. The molecule has 5 nitrogen and oxygen atoms in total. The van der Waals surface area contributed by atoms with Gasteiger partial charge in [0.2, 0.25) is 5.95 Å². The van der Waals surface area contributed by atoms with Crippen molar-refractivity contribution in [2.24, 2.45) is 5.84 Å². The Kier molecular flexibility index (Phi) is 4.05. The van der Waals surface area contributed by atoms with E-state index in [9.17, 15) is 17.6 Å². The largest absolute Gasteiger partial charge is 0.391 e. The second kappa shape index (κ2) is 5.13. The maximum atomic E-state index is 13.2. The first kappa shape index (κ1) is 13.4. The van der Waals surface area contributed by atoms with Crippen molar-refractivity contribution in [1.29, 1.82) is 0 Å². The molecule has 1 aromatic rings. The molecule has 0 aliphatic carbocycles. The van der Waals surface area contributed by atoms with Gasteiger partial charge in [-0.15, -0.1) is 0 Å². The van der Waals surface area contributed by atoms with Crippen LogP contribution in [-0.2, 0) is 0 Å². The van der Waals surface area contributed by atoms with Crippen LogP contribution in [0.1, 0.15) is 13.3 Å². The highest BCUT2D eigenvalue weighted by Crippen LogP contribution is 2.23. The van der Waals surface area contributed by atoms with Crippen molar-refractivity contribution < 1.29 is 17.6 Å². The van der Waals surface area contributed by atoms with Crippen LogP contribution in [0, 0.1) is 5.82 Å².